The molecule has 2 unspecified atom stereocenters. The van der Waals surface area contributed by atoms with Gasteiger partial charge in [-0.1, -0.05) is 26.8 Å². The zero-order chi connectivity index (χ0) is 14.5. The highest BCUT2D eigenvalue weighted by atomic mass is 32.2. The third-order valence-electron chi connectivity index (χ3n) is 3.74. The molecule has 1 N–H and O–H groups in total. The molecule has 0 saturated carbocycles. The number of nitrogens with one attached hydrogen (secondary N) is 1. The van der Waals surface area contributed by atoms with Gasteiger partial charge < -0.3 is 10.1 Å². The molecule has 112 valence electrons. The van der Waals surface area contributed by atoms with E-state index < -0.39 is 0 Å². The van der Waals surface area contributed by atoms with Crippen LogP contribution >= 0.6 is 11.8 Å². The first kappa shape index (κ1) is 15.7. The summed E-state index contributed by atoms with van der Waals surface area (Å²) in [6.07, 6.45) is 2.36. The molecule has 0 saturated heterocycles. The summed E-state index contributed by atoms with van der Waals surface area (Å²) in [6, 6.07) is 7.03. The van der Waals surface area contributed by atoms with Gasteiger partial charge in [0, 0.05) is 11.3 Å². The van der Waals surface area contributed by atoms with Crippen molar-refractivity contribution in [2.45, 2.75) is 44.9 Å². The largest absolute Gasteiger partial charge is 0.497 e. The predicted molar refractivity (Wildman–Crippen MR) is 88.8 cm³/mol. The summed E-state index contributed by atoms with van der Waals surface area (Å²) in [5.41, 5.74) is 2.93. The summed E-state index contributed by atoms with van der Waals surface area (Å²) < 4.78 is 5.39. The fourth-order valence-electron chi connectivity index (χ4n) is 2.72. The Balaban J connectivity index is 2.15. The lowest BCUT2D eigenvalue weighted by molar-refractivity contribution is 0.413. The molecule has 20 heavy (non-hydrogen) atoms. The Bertz CT molecular complexity index is 433. The summed E-state index contributed by atoms with van der Waals surface area (Å²) in [7, 11) is 1.75. The smallest absolute Gasteiger partial charge is 0.119 e. The van der Waals surface area contributed by atoms with Crippen molar-refractivity contribution < 1.29 is 4.74 Å². The molecule has 1 aromatic carbocycles. The van der Waals surface area contributed by atoms with E-state index in [1.165, 1.54) is 29.7 Å². The Morgan fingerprint density at radius 2 is 2.20 bits per heavy atom. The molecule has 1 aromatic rings. The van der Waals surface area contributed by atoms with Crippen molar-refractivity contribution in [2.24, 2.45) is 5.92 Å². The Hall–Kier alpha value is -0.670. The first-order chi connectivity index (χ1) is 9.65. The minimum Gasteiger partial charge on any atom is -0.497 e. The quantitative estimate of drug-likeness (QED) is 0.819. The monoisotopic (exact) mass is 293 g/mol. The molecular formula is C17H27NOS. The number of benzene rings is 1. The maximum Gasteiger partial charge on any atom is 0.119 e. The molecule has 0 bridgehead atoms. The highest BCUT2D eigenvalue weighted by Gasteiger charge is 2.32. The molecule has 3 heteroatoms. The van der Waals surface area contributed by atoms with E-state index >= 15 is 0 Å². The van der Waals surface area contributed by atoms with Gasteiger partial charge in [-0.2, -0.15) is 11.8 Å². The predicted octanol–water partition coefficient (Wildman–Crippen LogP) is 4.05. The summed E-state index contributed by atoms with van der Waals surface area (Å²) >= 11 is 2.12. The minimum atomic E-state index is 0.476. The average molecular weight is 293 g/mol. The van der Waals surface area contributed by atoms with Gasteiger partial charge in [-0.25, -0.2) is 0 Å². The van der Waals surface area contributed by atoms with Gasteiger partial charge in [0.1, 0.15) is 5.75 Å². The molecule has 0 heterocycles. The average Bonchev–Trinajstić information content (AvgIpc) is 2.79. The van der Waals surface area contributed by atoms with Crippen LogP contribution in [0.3, 0.4) is 0 Å². The van der Waals surface area contributed by atoms with Crippen molar-refractivity contribution in [3.63, 3.8) is 0 Å². The van der Waals surface area contributed by atoms with Gasteiger partial charge in [-0.15, -0.1) is 0 Å². The van der Waals surface area contributed by atoms with E-state index in [9.17, 15) is 0 Å². The van der Waals surface area contributed by atoms with Crippen LogP contribution in [0.5, 0.6) is 5.75 Å². The van der Waals surface area contributed by atoms with E-state index in [4.69, 9.17) is 4.74 Å². The number of fused-ring (bicyclic) bond motifs is 1. The molecule has 2 atom stereocenters. The van der Waals surface area contributed by atoms with Crippen LogP contribution in [-0.4, -0.2) is 24.7 Å². The third kappa shape index (κ3) is 3.70. The lowest BCUT2D eigenvalue weighted by Gasteiger charge is -2.22. The van der Waals surface area contributed by atoms with Crippen LogP contribution in [0.25, 0.3) is 0 Å². The molecule has 0 aliphatic heterocycles. The topological polar surface area (TPSA) is 21.3 Å². The Morgan fingerprint density at radius 1 is 1.40 bits per heavy atom. The van der Waals surface area contributed by atoms with Crippen LogP contribution in [0.2, 0.25) is 0 Å². The Kier molecular flexibility index (Phi) is 5.79. The summed E-state index contributed by atoms with van der Waals surface area (Å²) in [5, 5.41) is 4.39. The number of ether oxygens (including phenoxy) is 1. The second kappa shape index (κ2) is 7.37. The maximum atomic E-state index is 5.39. The minimum absolute atomic E-state index is 0.476. The zero-order valence-electron chi connectivity index (χ0n) is 13.1. The van der Waals surface area contributed by atoms with Crippen molar-refractivity contribution in [3.05, 3.63) is 29.3 Å². The number of methoxy groups -OCH3 is 1. The lowest BCUT2D eigenvalue weighted by atomic mass is 10.1. The van der Waals surface area contributed by atoms with Crippen LogP contribution in [-0.2, 0) is 6.42 Å². The molecule has 1 aliphatic rings. The van der Waals surface area contributed by atoms with Crippen LogP contribution in [0.4, 0.5) is 0 Å². The summed E-state index contributed by atoms with van der Waals surface area (Å²) in [5.74, 6) is 2.96. The Morgan fingerprint density at radius 3 is 2.85 bits per heavy atom. The van der Waals surface area contributed by atoms with Gasteiger partial charge in [0.15, 0.2) is 0 Å². The van der Waals surface area contributed by atoms with Gasteiger partial charge in [0.05, 0.1) is 7.11 Å². The van der Waals surface area contributed by atoms with Crippen LogP contribution in [0.15, 0.2) is 18.2 Å². The van der Waals surface area contributed by atoms with E-state index in [2.05, 4.69) is 56.0 Å². The van der Waals surface area contributed by atoms with Gasteiger partial charge in [0.25, 0.3) is 0 Å². The second-order valence-corrected chi connectivity index (χ2v) is 7.24. The van der Waals surface area contributed by atoms with Crippen LogP contribution in [0, 0.1) is 5.92 Å². The van der Waals surface area contributed by atoms with Crippen LogP contribution in [0.1, 0.15) is 44.4 Å². The third-order valence-corrected chi connectivity index (χ3v) is 5.46. The van der Waals surface area contributed by atoms with Crippen LogP contribution < -0.4 is 10.1 Å². The number of hydrogen-bond donors (Lipinski definition) is 1. The van der Waals surface area contributed by atoms with Crippen molar-refractivity contribution in [1.82, 2.24) is 5.32 Å². The normalized spacial score (nSPS) is 21.2. The molecule has 0 amide bonds. The first-order valence-electron chi connectivity index (χ1n) is 7.67. The lowest BCUT2D eigenvalue weighted by Crippen LogP contribution is -2.28. The van der Waals surface area contributed by atoms with Crippen molar-refractivity contribution in [2.75, 3.05) is 19.4 Å². The molecule has 0 aromatic heterocycles. The summed E-state index contributed by atoms with van der Waals surface area (Å²) in [4.78, 5) is 0. The Labute approximate surface area is 127 Å². The molecular weight excluding hydrogens is 266 g/mol. The van der Waals surface area contributed by atoms with Gasteiger partial charge in [-0.3, -0.25) is 0 Å². The second-order valence-electron chi connectivity index (χ2n) is 5.97. The maximum absolute atomic E-state index is 5.39. The van der Waals surface area contributed by atoms with E-state index in [1.54, 1.807) is 7.11 Å². The highest BCUT2D eigenvalue weighted by molar-refractivity contribution is 7.99. The fourth-order valence-corrected chi connectivity index (χ4v) is 4.09. The molecule has 2 nitrogen and oxygen atoms in total. The number of thioether (sulfide) groups is 1. The van der Waals surface area contributed by atoms with E-state index in [1.807, 2.05) is 0 Å². The van der Waals surface area contributed by atoms with Crippen molar-refractivity contribution in [1.29, 1.82) is 0 Å². The van der Waals surface area contributed by atoms with Crippen molar-refractivity contribution >= 4 is 11.8 Å². The SMILES string of the molecule is CCCNC1c2cc(OC)ccc2CC1SCC(C)C. The first-order valence-corrected chi connectivity index (χ1v) is 8.72. The van der Waals surface area contributed by atoms with Crippen molar-refractivity contribution in [3.8, 4) is 5.75 Å². The van der Waals surface area contributed by atoms with Gasteiger partial charge in [-0.05, 0) is 54.3 Å². The van der Waals surface area contributed by atoms with Gasteiger partial charge in [0.2, 0.25) is 0 Å². The van der Waals surface area contributed by atoms with E-state index in [-0.39, 0.29) is 0 Å². The highest BCUT2D eigenvalue weighted by Crippen LogP contribution is 2.40. The molecule has 0 spiro atoms. The van der Waals surface area contributed by atoms with E-state index in [0.29, 0.717) is 11.3 Å². The van der Waals surface area contributed by atoms with E-state index in [0.717, 1.165) is 18.2 Å². The standard InChI is InChI=1S/C17H27NOS/c1-5-8-18-17-15-10-14(19-4)7-6-13(15)9-16(17)20-11-12(2)3/h6-7,10,12,16-18H,5,8-9,11H2,1-4H3. The fraction of sp³-hybridized carbons (Fsp3) is 0.647. The number of rotatable bonds is 7. The summed E-state index contributed by atoms with van der Waals surface area (Å²) in [6.45, 7) is 7.91. The van der Waals surface area contributed by atoms with Gasteiger partial charge >= 0.3 is 0 Å². The molecule has 0 radical (unpaired) electrons. The number of hydrogen-bond acceptors (Lipinski definition) is 3. The zero-order valence-corrected chi connectivity index (χ0v) is 13.9. The molecule has 1 aliphatic carbocycles. The molecule has 2 rings (SSSR count). The molecule has 0 fully saturated rings.